The van der Waals surface area contributed by atoms with Crippen molar-refractivity contribution in [1.82, 2.24) is 15.3 Å². The average molecular weight is 415 g/mol. The van der Waals surface area contributed by atoms with Gasteiger partial charge in [-0.05, 0) is 29.7 Å². The molecule has 3 aromatic carbocycles. The Labute approximate surface area is 180 Å². The van der Waals surface area contributed by atoms with Crippen LogP contribution in [0.5, 0.6) is 11.5 Å². The highest BCUT2D eigenvalue weighted by Crippen LogP contribution is 2.30. The largest absolute Gasteiger partial charge is 0.493 e. The maximum absolute atomic E-state index is 12.5. The lowest BCUT2D eigenvalue weighted by Crippen LogP contribution is -2.22. The van der Waals surface area contributed by atoms with Crippen molar-refractivity contribution in [1.29, 1.82) is 0 Å². The van der Waals surface area contributed by atoms with E-state index in [4.69, 9.17) is 9.47 Å². The molecule has 0 bridgehead atoms. The Morgan fingerprint density at radius 2 is 1.58 bits per heavy atom. The summed E-state index contributed by atoms with van der Waals surface area (Å²) in [6, 6.07) is 22.2. The molecule has 0 spiro atoms. The first-order chi connectivity index (χ1) is 15.1. The molecule has 1 unspecified atom stereocenters. The number of nitrogens with zero attached hydrogens (tertiary/aromatic N) is 1. The van der Waals surface area contributed by atoms with Crippen molar-refractivity contribution in [2.45, 2.75) is 19.5 Å². The van der Waals surface area contributed by atoms with Gasteiger partial charge >= 0.3 is 0 Å². The highest BCUT2D eigenvalue weighted by Gasteiger charge is 2.12. The maximum Gasteiger partial charge on any atom is 0.258 e. The minimum Gasteiger partial charge on any atom is -0.493 e. The normalized spacial score (nSPS) is 12.0. The van der Waals surface area contributed by atoms with Gasteiger partial charge in [0.1, 0.15) is 5.82 Å². The molecule has 31 heavy (non-hydrogen) atoms. The first kappa shape index (κ1) is 20.6. The summed E-state index contributed by atoms with van der Waals surface area (Å²) >= 11 is 0. The van der Waals surface area contributed by atoms with Gasteiger partial charge in [0, 0.05) is 12.1 Å². The van der Waals surface area contributed by atoms with E-state index in [1.807, 2.05) is 18.2 Å². The van der Waals surface area contributed by atoms with Gasteiger partial charge in [-0.25, -0.2) is 4.98 Å². The molecular weight excluding hydrogens is 390 g/mol. The van der Waals surface area contributed by atoms with Crippen molar-refractivity contribution in [3.63, 3.8) is 0 Å². The lowest BCUT2D eigenvalue weighted by molar-refractivity contribution is 0.355. The minimum absolute atomic E-state index is 0.0937. The lowest BCUT2D eigenvalue weighted by Gasteiger charge is -2.15. The number of benzene rings is 3. The van der Waals surface area contributed by atoms with Gasteiger partial charge in [-0.15, -0.1) is 0 Å². The first-order valence-electron chi connectivity index (χ1n) is 10.1. The van der Waals surface area contributed by atoms with Crippen LogP contribution in [0.25, 0.3) is 22.0 Å². The quantitative estimate of drug-likeness (QED) is 0.466. The molecule has 4 rings (SSSR count). The first-order valence-corrected chi connectivity index (χ1v) is 10.1. The Morgan fingerprint density at radius 3 is 2.26 bits per heavy atom. The van der Waals surface area contributed by atoms with Gasteiger partial charge < -0.3 is 19.8 Å². The van der Waals surface area contributed by atoms with Crippen LogP contribution >= 0.6 is 0 Å². The number of nitrogens with one attached hydrogen (secondary N) is 2. The van der Waals surface area contributed by atoms with E-state index in [2.05, 4.69) is 58.6 Å². The Hall–Kier alpha value is -3.64. The van der Waals surface area contributed by atoms with Gasteiger partial charge in [0.2, 0.25) is 0 Å². The van der Waals surface area contributed by atoms with Gasteiger partial charge in [-0.1, -0.05) is 54.6 Å². The van der Waals surface area contributed by atoms with Gasteiger partial charge in [0.05, 0.1) is 31.7 Å². The molecule has 0 aliphatic carbocycles. The maximum atomic E-state index is 12.5. The molecule has 1 heterocycles. The number of methoxy groups -OCH3 is 2. The topological polar surface area (TPSA) is 76.2 Å². The van der Waals surface area contributed by atoms with Crippen molar-refractivity contribution < 1.29 is 9.47 Å². The number of H-pyrrole nitrogens is 1. The van der Waals surface area contributed by atoms with Gasteiger partial charge in [0.25, 0.3) is 5.56 Å². The van der Waals surface area contributed by atoms with E-state index in [1.54, 1.807) is 19.2 Å². The number of aromatic nitrogens is 2. The summed E-state index contributed by atoms with van der Waals surface area (Å²) in [5.41, 5.74) is 3.90. The van der Waals surface area contributed by atoms with Crippen LogP contribution in [0.1, 0.15) is 24.4 Å². The van der Waals surface area contributed by atoms with Crippen LogP contribution in [-0.2, 0) is 6.54 Å². The van der Waals surface area contributed by atoms with Crippen molar-refractivity contribution in [2.75, 3.05) is 14.2 Å². The number of hydrogen-bond acceptors (Lipinski definition) is 5. The van der Waals surface area contributed by atoms with Crippen LogP contribution in [0.2, 0.25) is 0 Å². The summed E-state index contributed by atoms with van der Waals surface area (Å²) in [7, 11) is 3.10. The Kier molecular flexibility index (Phi) is 6.00. The number of hydrogen-bond donors (Lipinski definition) is 2. The summed E-state index contributed by atoms with van der Waals surface area (Å²) in [5.74, 6) is 1.61. The molecule has 0 saturated carbocycles. The second kappa shape index (κ2) is 9.02. The Balaban J connectivity index is 1.50. The summed E-state index contributed by atoms with van der Waals surface area (Å²) in [4.78, 5) is 20.0. The van der Waals surface area contributed by atoms with E-state index in [0.717, 1.165) is 5.56 Å². The second-order valence-electron chi connectivity index (χ2n) is 7.33. The van der Waals surface area contributed by atoms with Gasteiger partial charge in [0.15, 0.2) is 11.5 Å². The monoisotopic (exact) mass is 415 g/mol. The molecule has 0 aliphatic heterocycles. The zero-order valence-electron chi connectivity index (χ0n) is 17.8. The van der Waals surface area contributed by atoms with Gasteiger partial charge in [-0.2, -0.15) is 0 Å². The molecule has 1 aromatic heterocycles. The summed E-state index contributed by atoms with van der Waals surface area (Å²) in [6.45, 7) is 2.52. The Bertz CT molecular complexity index is 1230. The minimum atomic E-state index is -0.206. The fraction of sp³-hybridized carbons (Fsp3) is 0.200. The van der Waals surface area contributed by atoms with Crippen LogP contribution in [-0.4, -0.2) is 24.2 Å². The van der Waals surface area contributed by atoms with E-state index < -0.39 is 0 Å². The van der Waals surface area contributed by atoms with Crippen molar-refractivity contribution >= 4 is 10.9 Å². The zero-order chi connectivity index (χ0) is 21.8. The molecule has 0 saturated heterocycles. The number of fused-ring (bicyclic) bond motifs is 1. The van der Waals surface area contributed by atoms with Crippen LogP contribution in [0, 0.1) is 0 Å². The predicted molar refractivity (Wildman–Crippen MR) is 123 cm³/mol. The Morgan fingerprint density at radius 1 is 0.935 bits per heavy atom. The third-order valence-corrected chi connectivity index (χ3v) is 5.35. The molecule has 2 N–H and O–H groups in total. The third-order valence-electron chi connectivity index (χ3n) is 5.35. The smallest absolute Gasteiger partial charge is 0.258 e. The molecule has 1 atom stereocenters. The fourth-order valence-electron chi connectivity index (χ4n) is 3.56. The van der Waals surface area contributed by atoms with E-state index >= 15 is 0 Å². The molecule has 0 amide bonds. The number of rotatable bonds is 7. The molecule has 158 valence electrons. The fourth-order valence-corrected chi connectivity index (χ4v) is 3.56. The van der Waals surface area contributed by atoms with Crippen molar-refractivity contribution in [3.05, 3.63) is 88.5 Å². The zero-order valence-corrected chi connectivity index (χ0v) is 17.8. The summed E-state index contributed by atoms with van der Waals surface area (Å²) in [5, 5.41) is 3.89. The molecular formula is C25H25N3O3. The standard InChI is InChI=1S/C25H25N3O3/c1-16(17-9-11-19(12-10-17)18-7-5-4-6-8-18)26-15-24-27-21-14-23(31-3)22(30-2)13-20(21)25(29)28-24/h4-14,16,26H,15H2,1-3H3,(H,27,28,29). The molecule has 4 aromatic rings. The van der Waals surface area contributed by atoms with Gasteiger partial charge in [-0.3, -0.25) is 4.79 Å². The van der Waals surface area contributed by atoms with Crippen molar-refractivity contribution in [2.24, 2.45) is 0 Å². The van der Waals surface area contributed by atoms with Crippen LogP contribution in [0.3, 0.4) is 0 Å². The molecule has 0 aliphatic rings. The summed E-state index contributed by atoms with van der Waals surface area (Å²) in [6.07, 6.45) is 0. The predicted octanol–water partition coefficient (Wildman–Crippen LogP) is 4.46. The van der Waals surface area contributed by atoms with E-state index in [-0.39, 0.29) is 11.6 Å². The highest BCUT2D eigenvalue weighted by molar-refractivity contribution is 5.81. The second-order valence-corrected chi connectivity index (χ2v) is 7.33. The number of ether oxygens (including phenoxy) is 2. The molecule has 0 fully saturated rings. The van der Waals surface area contributed by atoms with E-state index in [0.29, 0.717) is 34.8 Å². The molecule has 6 heteroatoms. The number of aromatic amines is 1. The van der Waals surface area contributed by atoms with Crippen LogP contribution < -0.4 is 20.3 Å². The SMILES string of the molecule is COc1cc2nc(CNC(C)c3ccc(-c4ccccc4)cc3)[nH]c(=O)c2cc1OC. The van der Waals surface area contributed by atoms with Crippen molar-refractivity contribution in [3.8, 4) is 22.6 Å². The van der Waals surface area contributed by atoms with Crippen LogP contribution in [0.4, 0.5) is 0 Å². The molecule has 0 radical (unpaired) electrons. The summed E-state index contributed by atoms with van der Waals surface area (Å²) < 4.78 is 10.6. The van der Waals surface area contributed by atoms with E-state index in [1.165, 1.54) is 18.2 Å². The average Bonchev–Trinajstić information content (AvgIpc) is 2.82. The van der Waals surface area contributed by atoms with Crippen LogP contribution in [0.15, 0.2) is 71.5 Å². The van der Waals surface area contributed by atoms with E-state index in [9.17, 15) is 4.79 Å². The lowest BCUT2D eigenvalue weighted by atomic mass is 10.0. The molecule has 6 nitrogen and oxygen atoms in total. The third kappa shape index (κ3) is 4.44. The highest BCUT2D eigenvalue weighted by atomic mass is 16.5.